The molecule has 0 aliphatic heterocycles. The summed E-state index contributed by atoms with van der Waals surface area (Å²) in [5.74, 6) is 0.454. The molecule has 0 bridgehead atoms. The number of sulfone groups is 1. The minimum absolute atomic E-state index is 0.0313. The van der Waals surface area contributed by atoms with Gasteiger partial charge in [0, 0.05) is 18.6 Å². The number of amides is 1. The van der Waals surface area contributed by atoms with E-state index in [1.54, 1.807) is 18.3 Å². The van der Waals surface area contributed by atoms with Gasteiger partial charge in [0.2, 0.25) is 5.91 Å². The Bertz CT molecular complexity index is 948. The molecule has 30 heavy (non-hydrogen) atoms. The summed E-state index contributed by atoms with van der Waals surface area (Å²) >= 11 is 0. The lowest BCUT2D eigenvalue weighted by atomic mass is 9.68. The lowest BCUT2D eigenvalue weighted by molar-refractivity contribution is -0.129. The van der Waals surface area contributed by atoms with E-state index in [0.29, 0.717) is 5.92 Å². The van der Waals surface area contributed by atoms with Crippen LogP contribution >= 0.6 is 0 Å². The van der Waals surface area contributed by atoms with Crippen LogP contribution in [-0.4, -0.2) is 25.6 Å². The Morgan fingerprint density at radius 1 is 1.10 bits per heavy atom. The van der Waals surface area contributed by atoms with Crippen molar-refractivity contribution >= 4 is 15.7 Å². The Morgan fingerprint density at radius 3 is 2.30 bits per heavy atom. The van der Waals surface area contributed by atoms with Crippen molar-refractivity contribution in [3.05, 3.63) is 59.9 Å². The number of pyridine rings is 1. The van der Waals surface area contributed by atoms with E-state index in [0.717, 1.165) is 49.7 Å². The molecule has 5 nitrogen and oxygen atoms in total. The zero-order chi connectivity index (χ0) is 21.8. The number of nitrogens with zero attached hydrogens (tertiary/aromatic N) is 1. The highest BCUT2D eigenvalue weighted by Crippen LogP contribution is 2.41. The minimum atomic E-state index is -3.27. The summed E-state index contributed by atoms with van der Waals surface area (Å²) in [6.45, 7) is 4.30. The van der Waals surface area contributed by atoms with Crippen LogP contribution in [0.5, 0.6) is 0 Å². The molecule has 1 fully saturated rings. The molecular formula is C24H32N2O3S. The van der Waals surface area contributed by atoms with Gasteiger partial charge in [-0.15, -0.1) is 0 Å². The van der Waals surface area contributed by atoms with Gasteiger partial charge in [0.15, 0.2) is 9.84 Å². The molecule has 1 unspecified atom stereocenters. The molecule has 1 aliphatic carbocycles. The van der Waals surface area contributed by atoms with Crippen LogP contribution < -0.4 is 5.32 Å². The van der Waals surface area contributed by atoms with Gasteiger partial charge in [-0.25, -0.2) is 8.42 Å². The van der Waals surface area contributed by atoms with E-state index in [9.17, 15) is 13.2 Å². The van der Waals surface area contributed by atoms with Gasteiger partial charge in [-0.1, -0.05) is 51.3 Å². The highest BCUT2D eigenvalue weighted by atomic mass is 32.2. The number of carbonyl (C=O) groups excluding carboxylic acids is 1. The predicted molar refractivity (Wildman–Crippen MR) is 119 cm³/mol. The Labute approximate surface area is 180 Å². The average Bonchev–Trinajstić information content (AvgIpc) is 2.73. The Kier molecular flexibility index (Phi) is 6.96. The molecule has 1 aromatic heterocycles. The molecule has 3 rings (SSSR count). The molecular weight excluding hydrogens is 396 g/mol. The third-order valence-corrected chi connectivity index (χ3v) is 7.20. The molecule has 0 saturated heterocycles. The SMILES string of the molecule is CC(C)CC(NC(=O)C1(c2ccc(S(C)(=O)=O)cc2)CCCCC1)c1cccnc1. The van der Waals surface area contributed by atoms with E-state index in [-0.39, 0.29) is 16.8 Å². The van der Waals surface area contributed by atoms with Crippen LogP contribution in [0.1, 0.15) is 69.5 Å². The van der Waals surface area contributed by atoms with Gasteiger partial charge >= 0.3 is 0 Å². The van der Waals surface area contributed by atoms with E-state index in [1.165, 1.54) is 6.26 Å². The lowest BCUT2D eigenvalue weighted by Crippen LogP contribution is -2.47. The van der Waals surface area contributed by atoms with E-state index >= 15 is 0 Å². The molecule has 1 saturated carbocycles. The summed E-state index contributed by atoms with van der Waals surface area (Å²) in [6, 6.07) is 10.7. The second-order valence-corrected chi connectivity index (χ2v) is 10.9. The zero-order valence-electron chi connectivity index (χ0n) is 18.1. The molecule has 0 spiro atoms. The standard InChI is InChI=1S/C24H32N2O3S/c1-18(2)16-22(19-8-7-15-25-17-19)26-23(27)24(13-5-4-6-14-24)20-9-11-21(12-10-20)30(3,28)29/h7-12,15,17-18,22H,4-6,13-14,16H2,1-3H3,(H,26,27). The number of aromatic nitrogens is 1. The first-order valence-corrected chi connectivity index (χ1v) is 12.6. The van der Waals surface area contributed by atoms with Gasteiger partial charge < -0.3 is 5.32 Å². The van der Waals surface area contributed by atoms with Gasteiger partial charge in [-0.3, -0.25) is 9.78 Å². The number of nitrogens with one attached hydrogen (secondary N) is 1. The van der Waals surface area contributed by atoms with Crippen LogP contribution in [0.25, 0.3) is 0 Å². The summed E-state index contributed by atoms with van der Waals surface area (Å²) in [5, 5.41) is 3.32. The largest absolute Gasteiger partial charge is 0.348 e. The Morgan fingerprint density at radius 2 is 1.77 bits per heavy atom. The maximum Gasteiger partial charge on any atom is 0.231 e. The van der Waals surface area contributed by atoms with Crippen molar-refractivity contribution in [2.24, 2.45) is 5.92 Å². The normalized spacial score (nSPS) is 17.5. The van der Waals surface area contributed by atoms with Crippen LogP contribution in [0.15, 0.2) is 53.7 Å². The van der Waals surface area contributed by atoms with Crippen LogP contribution in [0.4, 0.5) is 0 Å². The summed E-state index contributed by atoms with van der Waals surface area (Å²) < 4.78 is 23.7. The number of carbonyl (C=O) groups is 1. The van der Waals surface area contributed by atoms with E-state index < -0.39 is 15.3 Å². The summed E-state index contributed by atoms with van der Waals surface area (Å²) in [5.41, 5.74) is 1.30. The van der Waals surface area contributed by atoms with Crippen LogP contribution in [0, 0.1) is 5.92 Å². The van der Waals surface area contributed by atoms with Crippen molar-refractivity contribution in [1.29, 1.82) is 0 Å². The number of rotatable bonds is 7. The number of benzene rings is 1. The fraction of sp³-hybridized carbons (Fsp3) is 0.500. The fourth-order valence-electron chi connectivity index (χ4n) is 4.45. The fourth-order valence-corrected chi connectivity index (χ4v) is 5.08. The van der Waals surface area contributed by atoms with E-state index in [2.05, 4.69) is 24.1 Å². The van der Waals surface area contributed by atoms with Crippen molar-refractivity contribution in [3.8, 4) is 0 Å². The number of hydrogen-bond acceptors (Lipinski definition) is 4. The smallest absolute Gasteiger partial charge is 0.231 e. The third kappa shape index (κ3) is 5.09. The highest BCUT2D eigenvalue weighted by Gasteiger charge is 2.42. The first-order chi connectivity index (χ1) is 14.2. The van der Waals surface area contributed by atoms with Crippen molar-refractivity contribution < 1.29 is 13.2 Å². The quantitative estimate of drug-likeness (QED) is 0.700. The lowest BCUT2D eigenvalue weighted by Gasteiger charge is -2.38. The van der Waals surface area contributed by atoms with Gasteiger partial charge in [0.1, 0.15) is 0 Å². The molecule has 2 aromatic rings. The second-order valence-electron chi connectivity index (χ2n) is 8.88. The maximum atomic E-state index is 13.7. The minimum Gasteiger partial charge on any atom is -0.348 e. The third-order valence-electron chi connectivity index (χ3n) is 6.08. The maximum absolute atomic E-state index is 13.7. The summed E-state index contributed by atoms with van der Waals surface area (Å²) in [7, 11) is -3.27. The zero-order valence-corrected chi connectivity index (χ0v) is 18.9. The van der Waals surface area contributed by atoms with Gasteiger partial charge in [-0.2, -0.15) is 0 Å². The van der Waals surface area contributed by atoms with Crippen molar-refractivity contribution in [1.82, 2.24) is 10.3 Å². The van der Waals surface area contributed by atoms with Crippen molar-refractivity contribution in [2.45, 2.75) is 68.7 Å². The molecule has 1 aromatic carbocycles. The Hall–Kier alpha value is -2.21. The van der Waals surface area contributed by atoms with Crippen molar-refractivity contribution in [2.75, 3.05) is 6.26 Å². The first kappa shape index (κ1) is 22.5. The van der Waals surface area contributed by atoms with E-state index in [1.807, 2.05) is 30.5 Å². The topological polar surface area (TPSA) is 76.1 Å². The van der Waals surface area contributed by atoms with E-state index in [4.69, 9.17) is 0 Å². The van der Waals surface area contributed by atoms with Gasteiger partial charge in [0.25, 0.3) is 0 Å². The number of hydrogen-bond donors (Lipinski definition) is 1. The molecule has 162 valence electrons. The molecule has 1 heterocycles. The first-order valence-electron chi connectivity index (χ1n) is 10.7. The molecule has 1 amide bonds. The summed E-state index contributed by atoms with van der Waals surface area (Å²) in [4.78, 5) is 18.2. The average molecular weight is 429 g/mol. The summed E-state index contributed by atoms with van der Waals surface area (Å²) in [6.07, 6.45) is 10.2. The molecule has 6 heteroatoms. The monoisotopic (exact) mass is 428 g/mol. The second kappa shape index (κ2) is 9.29. The Balaban J connectivity index is 1.93. The van der Waals surface area contributed by atoms with Gasteiger partial charge in [-0.05, 0) is 54.5 Å². The highest BCUT2D eigenvalue weighted by molar-refractivity contribution is 7.90. The predicted octanol–water partition coefficient (Wildman–Crippen LogP) is 4.59. The van der Waals surface area contributed by atoms with Crippen molar-refractivity contribution in [3.63, 3.8) is 0 Å². The van der Waals surface area contributed by atoms with Gasteiger partial charge in [0.05, 0.1) is 16.4 Å². The molecule has 1 N–H and O–H groups in total. The molecule has 1 aliphatic rings. The van der Waals surface area contributed by atoms with Crippen LogP contribution in [0.2, 0.25) is 0 Å². The molecule has 1 atom stereocenters. The molecule has 0 radical (unpaired) electrons. The van der Waals surface area contributed by atoms with Crippen LogP contribution in [0.3, 0.4) is 0 Å². The van der Waals surface area contributed by atoms with Crippen LogP contribution in [-0.2, 0) is 20.0 Å².